The Bertz CT molecular complexity index is 777. The van der Waals surface area contributed by atoms with Crippen molar-refractivity contribution in [1.82, 2.24) is 0 Å². The summed E-state index contributed by atoms with van der Waals surface area (Å²) in [6, 6.07) is 0. The first-order chi connectivity index (χ1) is 10.4. The van der Waals surface area contributed by atoms with Crippen molar-refractivity contribution in [3.63, 3.8) is 0 Å². The first-order valence-corrected chi connectivity index (χ1v) is 11.3. The molecule has 0 amide bonds. The van der Waals surface area contributed by atoms with Crippen LogP contribution in [0.1, 0.15) is 0 Å². The summed E-state index contributed by atoms with van der Waals surface area (Å²) >= 11 is 3.24. The second kappa shape index (κ2) is 29.8. The van der Waals surface area contributed by atoms with Gasteiger partial charge in [0.2, 0.25) is 41.6 Å². The summed E-state index contributed by atoms with van der Waals surface area (Å²) in [6.07, 6.45) is 0. The molecule has 0 fully saturated rings. The van der Waals surface area contributed by atoms with Crippen molar-refractivity contribution >= 4 is 61.8 Å². The van der Waals surface area contributed by atoms with Gasteiger partial charge in [-0.2, -0.15) is 0 Å². The van der Waals surface area contributed by atoms with E-state index in [0.717, 1.165) is 0 Å². The Morgan fingerprint density at radius 3 is 0.516 bits per heavy atom. The van der Waals surface area contributed by atoms with Gasteiger partial charge in [0.05, 0.1) is 0 Å². The van der Waals surface area contributed by atoms with Crippen LogP contribution in [-0.2, 0) is 79.2 Å². The monoisotopic (exact) mass is 698 g/mol. The van der Waals surface area contributed by atoms with E-state index in [1.54, 1.807) is 0 Å². The van der Waals surface area contributed by atoms with Gasteiger partial charge in [-0.25, -0.2) is 33.7 Å². The summed E-state index contributed by atoms with van der Waals surface area (Å²) in [5.74, 6) is 0. The molecule has 0 aliphatic heterocycles. The first kappa shape index (κ1) is 62.8. The SMILES string of the molecule is O=S(=O)([O-])OOS(=O)(=O)[O-].O=S(=O)([O-])OOS(=O)(=O)[O-].O=S([O-])([O-])=S.[K+].[K+].[K+].[K+].[Na+].[Na+]. The minimum Gasteiger partial charge on any atom is -0.780 e. The molecular weight excluding hydrogens is 699 g/mol. The van der Waals surface area contributed by atoms with E-state index in [2.05, 4.69) is 28.5 Å². The van der Waals surface area contributed by atoms with E-state index in [4.69, 9.17) is 13.3 Å². The van der Waals surface area contributed by atoms with Crippen molar-refractivity contribution in [3.8, 4) is 0 Å². The average Bonchev–Trinajstić information content (AvgIpc) is 2.18. The summed E-state index contributed by atoms with van der Waals surface area (Å²) < 4.78 is 150. The Labute approximate surface area is 397 Å². The molecule has 0 aromatic carbocycles. The summed E-state index contributed by atoms with van der Waals surface area (Å²) in [6.45, 7) is 0. The molecule has 0 aliphatic rings. The molecule has 0 aromatic rings. The van der Waals surface area contributed by atoms with Crippen LogP contribution in [0.4, 0.5) is 0 Å². The smallest absolute Gasteiger partial charge is 0.780 e. The molecule has 0 N–H and O–H groups in total. The minimum atomic E-state index is -5.31. The second-order valence-electron chi connectivity index (χ2n) is 2.31. The normalized spacial score (nSPS) is 10.5. The molecule has 0 heterocycles. The van der Waals surface area contributed by atoms with Gasteiger partial charge in [0, 0.05) is 0 Å². The number of hydrogen-bond donors (Lipinski definition) is 0. The van der Waals surface area contributed by atoms with Gasteiger partial charge in [-0.1, -0.05) is 0 Å². The molecule has 31 heavy (non-hydrogen) atoms. The van der Waals surface area contributed by atoms with Crippen LogP contribution in [-0.4, -0.2) is 65.2 Å². The van der Waals surface area contributed by atoms with Gasteiger partial charge in [-0.15, -0.1) is 26.4 Å². The molecule has 0 saturated carbocycles. The number of hydrogen-bond acceptors (Lipinski definition) is 20. The predicted molar refractivity (Wildman–Crippen MR) is 60.2 cm³/mol. The molecule has 19 nitrogen and oxygen atoms in total. The van der Waals surface area contributed by atoms with E-state index in [9.17, 15) is 51.9 Å². The predicted octanol–water partition coefficient (Wildman–Crippen LogP) is -23.3. The summed E-state index contributed by atoms with van der Waals surface area (Å²) in [7, 11) is -25.6. The standard InChI is InChI=1S/4K.2Na.2H2O8S2.H2O3S2/c;;;;;;2*1-9(2,3)7-8-10(4,5)6;1-5(2,3)4/h;;;;;;2*(H,1,2,3)(H,4,5,6);(H2,1,2,3,4)/q6*+1;;;/p-6. The third kappa shape index (κ3) is 101. The van der Waals surface area contributed by atoms with Crippen molar-refractivity contribution < 1.29 is 347 Å². The zero-order chi connectivity index (χ0) is 21.3. The fraction of sp³-hybridized carbons (Fsp3) is 0. The second-order valence-corrected chi connectivity index (χ2v) is 8.16. The third-order valence-corrected chi connectivity index (χ3v) is 1.50. The van der Waals surface area contributed by atoms with Crippen LogP contribution in [0.3, 0.4) is 0 Å². The maximum Gasteiger partial charge on any atom is 1.00 e. The maximum atomic E-state index is 9.37. The van der Waals surface area contributed by atoms with E-state index in [1.165, 1.54) is 0 Å². The minimum absolute atomic E-state index is 0. The van der Waals surface area contributed by atoms with Gasteiger partial charge in [-0.3, -0.25) is 4.21 Å². The van der Waals surface area contributed by atoms with Crippen molar-refractivity contribution in [2.45, 2.75) is 0 Å². The van der Waals surface area contributed by atoms with Crippen molar-refractivity contribution in [3.05, 3.63) is 0 Å². The Morgan fingerprint density at radius 2 is 0.484 bits per heavy atom. The summed E-state index contributed by atoms with van der Waals surface area (Å²) in [5, 5.41) is 0. The molecule has 0 spiro atoms. The van der Waals surface area contributed by atoms with Gasteiger partial charge in [0.1, 0.15) is 0 Å². The molecule has 0 saturated heterocycles. The largest absolute Gasteiger partial charge is 1.00 e. The molecule has 0 bridgehead atoms. The third-order valence-electron chi connectivity index (χ3n) is 0.389. The molecule has 0 atom stereocenters. The van der Waals surface area contributed by atoms with Crippen molar-refractivity contribution in [1.29, 1.82) is 0 Å². The van der Waals surface area contributed by atoms with Gasteiger partial charge >= 0.3 is 265 Å². The van der Waals surface area contributed by atoms with Gasteiger partial charge in [0.25, 0.3) is 0 Å². The zero-order valence-corrected chi connectivity index (χ0v) is 37.6. The van der Waals surface area contributed by atoms with Gasteiger partial charge in [0.15, 0.2) is 0 Å². The average molecular weight is 699 g/mol. The van der Waals surface area contributed by atoms with Crippen molar-refractivity contribution in [2.75, 3.05) is 0 Å². The Kier molecular flexibility index (Phi) is 60.4. The molecule has 0 unspecified atom stereocenters. The first-order valence-electron chi connectivity index (χ1n) is 3.67. The van der Waals surface area contributed by atoms with E-state index in [1.807, 2.05) is 0 Å². The Hall–Kier alpha value is 8.32. The number of rotatable bonds is 6. The molecular formula is K4Na2O19S6. The molecule has 31 heteroatoms. The van der Waals surface area contributed by atoms with E-state index < -0.39 is 50.6 Å². The Balaban J connectivity index is -0.0000000318. The topological polar surface area (TPSA) is 329 Å². The molecule has 0 aromatic heterocycles. The van der Waals surface area contributed by atoms with Crippen LogP contribution in [0, 0.1) is 0 Å². The Morgan fingerprint density at radius 1 is 0.419 bits per heavy atom. The summed E-state index contributed by atoms with van der Waals surface area (Å²) in [5.41, 5.74) is 0. The van der Waals surface area contributed by atoms with Crippen LogP contribution in [0.15, 0.2) is 0 Å². The van der Waals surface area contributed by atoms with Crippen LogP contribution >= 0.6 is 0 Å². The van der Waals surface area contributed by atoms with E-state index in [-0.39, 0.29) is 265 Å². The molecule has 0 rings (SSSR count). The molecule has 0 aliphatic carbocycles. The maximum absolute atomic E-state index is 9.37. The van der Waals surface area contributed by atoms with Crippen LogP contribution < -0.4 is 265 Å². The fourth-order valence-electron chi connectivity index (χ4n) is 0.136. The van der Waals surface area contributed by atoms with Crippen LogP contribution in [0.5, 0.6) is 0 Å². The zero-order valence-electron chi connectivity index (χ0n) is 16.2. The fourth-order valence-corrected chi connectivity index (χ4v) is 1.22. The summed E-state index contributed by atoms with van der Waals surface area (Å²) in [4.78, 5) is 0. The van der Waals surface area contributed by atoms with Crippen LogP contribution in [0.25, 0.3) is 0 Å². The molecule has 0 radical (unpaired) electrons. The molecule has 156 valence electrons. The van der Waals surface area contributed by atoms with Gasteiger partial charge < -0.3 is 27.3 Å². The van der Waals surface area contributed by atoms with Gasteiger partial charge in [-0.05, 0) is 11.2 Å². The van der Waals surface area contributed by atoms with E-state index in [0.29, 0.717) is 0 Å². The van der Waals surface area contributed by atoms with Crippen molar-refractivity contribution in [2.24, 2.45) is 0 Å². The quantitative estimate of drug-likeness (QED) is 0.0816. The van der Waals surface area contributed by atoms with E-state index >= 15 is 0 Å². The van der Waals surface area contributed by atoms with Crippen LogP contribution in [0.2, 0.25) is 0 Å².